The number of anilines is 1. The van der Waals surface area contributed by atoms with Crippen LogP contribution in [-0.4, -0.2) is 41.0 Å². The topological polar surface area (TPSA) is 32.3 Å². The largest absolute Gasteiger partial charge is 0.352 e. The second-order valence-corrected chi connectivity index (χ2v) is 7.06. The standard InChI is InChI=1S/C14H16BrFN4S/c1-10-18-12(9-21-10)8-19-2-4-20(5-3-19)14-13(16)6-11(15)7-17-14/h6-7,9H,2-5,8H2,1H3. The van der Waals surface area contributed by atoms with Crippen molar-refractivity contribution in [3.8, 4) is 0 Å². The van der Waals surface area contributed by atoms with E-state index in [0.717, 1.165) is 43.4 Å². The quantitative estimate of drug-likeness (QED) is 0.830. The number of halogens is 2. The maximum Gasteiger partial charge on any atom is 0.166 e. The van der Waals surface area contributed by atoms with Gasteiger partial charge in [-0.25, -0.2) is 14.4 Å². The molecule has 21 heavy (non-hydrogen) atoms. The summed E-state index contributed by atoms with van der Waals surface area (Å²) in [5.74, 6) is 0.176. The predicted octanol–water partition coefficient (Wildman–Crippen LogP) is 3.07. The van der Waals surface area contributed by atoms with Crippen LogP contribution in [0.25, 0.3) is 0 Å². The molecular formula is C14H16BrFN4S. The number of rotatable bonds is 3. The molecule has 1 fully saturated rings. The van der Waals surface area contributed by atoms with Crippen LogP contribution in [0.2, 0.25) is 0 Å². The Morgan fingerprint density at radius 2 is 2.10 bits per heavy atom. The van der Waals surface area contributed by atoms with E-state index in [1.807, 2.05) is 11.8 Å². The van der Waals surface area contributed by atoms with Crippen molar-refractivity contribution in [2.75, 3.05) is 31.1 Å². The van der Waals surface area contributed by atoms with Gasteiger partial charge in [-0.2, -0.15) is 0 Å². The summed E-state index contributed by atoms with van der Waals surface area (Å²) in [5, 5.41) is 3.21. The number of hydrogen-bond acceptors (Lipinski definition) is 5. The second-order valence-electron chi connectivity index (χ2n) is 5.08. The van der Waals surface area contributed by atoms with Crippen LogP contribution in [0, 0.1) is 12.7 Å². The van der Waals surface area contributed by atoms with Crippen molar-refractivity contribution < 1.29 is 4.39 Å². The third kappa shape index (κ3) is 3.59. The predicted molar refractivity (Wildman–Crippen MR) is 86.2 cm³/mol. The third-order valence-corrected chi connectivity index (χ3v) is 4.77. The van der Waals surface area contributed by atoms with Gasteiger partial charge in [0.05, 0.1) is 10.7 Å². The van der Waals surface area contributed by atoms with Gasteiger partial charge in [0, 0.05) is 48.8 Å². The minimum absolute atomic E-state index is 0.270. The summed E-state index contributed by atoms with van der Waals surface area (Å²) in [6.45, 7) is 6.26. The monoisotopic (exact) mass is 370 g/mol. The molecule has 112 valence electrons. The van der Waals surface area contributed by atoms with Crippen molar-refractivity contribution >= 4 is 33.1 Å². The Kier molecular flexibility index (Phi) is 4.51. The van der Waals surface area contributed by atoms with Crippen molar-refractivity contribution in [1.29, 1.82) is 0 Å². The second kappa shape index (κ2) is 6.37. The molecule has 3 heterocycles. The Hall–Kier alpha value is -1.05. The smallest absolute Gasteiger partial charge is 0.166 e. The molecule has 1 saturated heterocycles. The number of pyridine rings is 1. The van der Waals surface area contributed by atoms with Crippen molar-refractivity contribution in [1.82, 2.24) is 14.9 Å². The normalized spacial score (nSPS) is 16.4. The average molecular weight is 371 g/mol. The number of hydrogen-bond donors (Lipinski definition) is 0. The number of nitrogens with zero attached hydrogens (tertiary/aromatic N) is 4. The number of aromatic nitrogens is 2. The molecule has 0 unspecified atom stereocenters. The fourth-order valence-corrected chi connectivity index (χ4v) is 3.37. The molecule has 0 amide bonds. The average Bonchev–Trinajstić information content (AvgIpc) is 2.85. The summed E-state index contributed by atoms with van der Waals surface area (Å²) in [6, 6.07) is 1.47. The molecule has 1 aliphatic heterocycles. The number of piperazine rings is 1. The van der Waals surface area contributed by atoms with E-state index in [4.69, 9.17) is 0 Å². The molecule has 0 atom stereocenters. The van der Waals surface area contributed by atoms with Crippen molar-refractivity contribution in [3.05, 3.63) is 38.6 Å². The van der Waals surface area contributed by atoms with Crippen LogP contribution in [0.4, 0.5) is 10.2 Å². The molecule has 1 aliphatic rings. The van der Waals surface area contributed by atoms with Gasteiger partial charge in [0.25, 0.3) is 0 Å². The summed E-state index contributed by atoms with van der Waals surface area (Å²) in [7, 11) is 0. The highest BCUT2D eigenvalue weighted by molar-refractivity contribution is 9.10. The maximum atomic E-state index is 13.9. The summed E-state index contributed by atoms with van der Waals surface area (Å²) in [6.07, 6.45) is 1.64. The van der Waals surface area contributed by atoms with Crippen LogP contribution in [0.1, 0.15) is 10.7 Å². The molecule has 0 aliphatic carbocycles. The SMILES string of the molecule is Cc1nc(CN2CCN(c3ncc(Br)cc3F)CC2)cs1. The van der Waals surface area contributed by atoms with Gasteiger partial charge in [-0.05, 0) is 28.9 Å². The minimum Gasteiger partial charge on any atom is -0.352 e. The van der Waals surface area contributed by atoms with Gasteiger partial charge in [0.1, 0.15) is 0 Å². The van der Waals surface area contributed by atoms with Crippen LogP contribution in [0.3, 0.4) is 0 Å². The number of thiazole rings is 1. The first-order valence-corrected chi connectivity index (χ1v) is 8.48. The van der Waals surface area contributed by atoms with Gasteiger partial charge in [0.2, 0.25) is 0 Å². The molecule has 3 rings (SSSR count). The lowest BCUT2D eigenvalue weighted by Gasteiger charge is -2.35. The molecular weight excluding hydrogens is 355 g/mol. The van der Waals surface area contributed by atoms with Gasteiger partial charge in [-0.15, -0.1) is 11.3 Å². The maximum absolute atomic E-state index is 13.9. The zero-order valence-electron chi connectivity index (χ0n) is 11.7. The first-order valence-electron chi connectivity index (χ1n) is 6.81. The molecule has 0 spiro atoms. The van der Waals surface area contributed by atoms with E-state index in [-0.39, 0.29) is 5.82 Å². The molecule has 0 saturated carbocycles. The highest BCUT2D eigenvalue weighted by atomic mass is 79.9. The van der Waals surface area contributed by atoms with E-state index in [2.05, 4.69) is 36.2 Å². The summed E-state index contributed by atoms with van der Waals surface area (Å²) in [5.41, 5.74) is 1.12. The van der Waals surface area contributed by atoms with Gasteiger partial charge in [-0.3, -0.25) is 4.90 Å². The Balaban J connectivity index is 1.59. The minimum atomic E-state index is -0.270. The van der Waals surface area contributed by atoms with E-state index >= 15 is 0 Å². The molecule has 0 N–H and O–H groups in total. The summed E-state index contributed by atoms with van der Waals surface area (Å²) >= 11 is 4.92. The van der Waals surface area contributed by atoms with E-state index in [9.17, 15) is 4.39 Å². The van der Waals surface area contributed by atoms with Crippen LogP contribution in [0.5, 0.6) is 0 Å². The fraction of sp³-hybridized carbons (Fsp3) is 0.429. The van der Waals surface area contributed by atoms with E-state index < -0.39 is 0 Å². The van der Waals surface area contributed by atoms with Gasteiger partial charge < -0.3 is 4.90 Å². The highest BCUT2D eigenvalue weighted by Crippen LogP contribution is 2.21. The number of aryl methyl sites for hydroxylation is 1. The highest BCUT2D eigenvalue weighted by Gasteiger charge is 2.21. The lowest BCUT2D eigenvalue weighted by molar-refractivity contribution is 0.246. The van der Waals surface area contributed by atoms with Crippen molar-refractivity contribution in [2.45, 2.75) is 13.5 Å². The summed E-state index contributed by atoms with van der Waals surface area (Å²) in [4.78, 5) is 13.0. The Bertz CT molecular complexity index is 625. The molecule has 2 aromatic heterocycles. The van der Waals surface area contributed by atoms with E-state index in [1.54, 1.807) is 17.5 Å². The Labute approximate surface area is 135 Å². The molecule has 0 aromatic carbocycles. The van der Waals surface area contributed by atoms with Crippen LogP contribution in [0.15, 0.2) is 22.1 Å². The first kappa shape index (κ1) is 14.9. The molecule has 7 heteroatoms. The van der Waals surface area contributed by atoms with Gasteiger partial charge >= 0.3 is 0 Å². The Morgan fingerprint density at radius 3 is 2.71 bits per heavy atom. The van der Waals surface area contributed by atoms with Crippen molar-refractivity contribution in [2.24, 2.45) is 0 Å². The lowest BCUT2D eigenvalue weighted by Crippen LogP contribution is -2.46. The van der Waals surface area contributed by atoms with Crippen LogP contribution in [-0.2, 0) is 6.54 Å². The first-order chi connectivity index (χ1) is 10.1. The third-order valence-electron chi connectivity index (χ3n) is 3.51. The molecule has 4 nitrogen and oxygen atoms in total. The zero-order valence-corrected chi connectivity index (χ0v) is 14.1. The summed E-state index contributed by atoms with van der Waals surface area (Å²) < 4.78 is 14.6. The molecule has 0 bridgehead atoms. The Morgan fingerprint density at radius 1 is 1.33 bits per heavy atom. The van der Waals surface area contributed by atoms with Crippen LogP contribution < -0.4 is 4.90 Å². The van der Waals surface area contributed by atoms with Gasteiger partial charge in [0.15, 0.2) is 11.6 Å². The molecule has 0 radical (unpaired) electrons. The van der Waals surface area contributed by atoms with E-state index in [1.165, 1.54) is 6.07 Å². The molecule has 2 aromatic rings. The zero-order chi connectivity index (χ0) is 14.8. The van der Waals surface area contributed by atoms with Crippen molar-refractivity contribution in [3.63, 3.8) is 0 Å². The van der Waals surface area contributed by atoms with Crippen LogP contribution >= 0.6 is 27.3 Å². The lowest BCUT2D eigenvalue weighted by atomic mass is 10.3. The fourth-order valence-electron chi connectivity index (χ4n) is 2.47. The van der Waals surface area contributed by atoms with Gasteiger partial charge in [-0.1, -0.05) is 0 Å². The van der Waals surface area contributed by atoms with E-state index in [0.29, 0.717) is 10.3 Å².